The van der Waals surface area contributed by atoms with Crippen molar-refractivity contribution in [3.8, 4) is 0 Å². The second-order valence-electron chi connectivity index (χ2n) is 5.22. The van der Waals surface area contributed by atoms with Crippen LogP contribution in [-0.4, -0.2) is 23.4 Å². The van der Waals surface area contributed by atoms with Crippen LogP contribution < -0.4 is 5.32 Å². The minimum Gasteiger partial charge on any atom is -0.481 e. The number of anilines is 1. The van der Waals surface area contributed by atoms with E-state index in [0.717, 1.165) is 37.1 Å². The van der Waals surface area contributed by atoms with Gasteiger partial charge < -0.3 is 10.4 Å². The van der Waals surface area contributed by atoms with Crippen molar-refractivity contribution >= 4 is 23.4 Å². The van der Waals surface area contributed by atoms with E-state index in [1.165, 1.54) is 10.6 Å². The molecule has 0 aromatic heterocycles. The summed E-state index contributed by atoms with van der Waals surface area (Å²) in [5, 5.41) is 12.7. The molecule has 3 rings (SSSR count). The fourth-order valence-corrected chi connectivity index (χ4v) is 3.70. The Morgan fingerprint density at radius 3 is 2.94 bits per heavy atom. The summed E-state index contributed by atoms with van der Waals surface area (Å²) in [6.45, 7) is 1.01. The molecule has 1 saturated carbocycles. The Kier molecular flexibility index (Phi) is 2.98. The predicted octanol–water partition coefficient (Wildman–Crippen LogP) is 3.00. The van der Waals surface area contributed by atoms with E-state index in [4.69, 9.17) is 0 Å². The van der Waals surface area contributed by atoms with Crippen molar-refractivity contribution in [1.82, 2.24) is 0 Å². The van der Waals surface area contributed by atoms with Gasteiger partial charge in [0.1, 0.15) is 0 Å². The Morgan fingerprint density at radius 2 is 2.28 bits per heavy atom. The Labute approximate surface area is 111 Å². The third-order valence-electron chi connectivity index (χ3n) is 4.03. The van der Waals surface area contributed by atoms with Gasteiger partial charge in [-0.2, -0.15) is 0 Å². The zero-order valence-electron chi connectivity index (χ0n) is 10.2. The molecule has 0 radical (unpaired) electrons. The lowest BCUT2D eigenvalue weighted by atomic mass is 9.65. The van der Waals surface area contributed by atoms with Crippen LogP contribution in [0.4, 0.5) is 5.69 Å². The van der Waals surface area contributed by atoms with Gasteiger partial charge in [0.15, 0.2) is 0 Å². The number of benzene rings is 1. The highest BCUT2D eigenvalue weighted by molar-refractivity contribution is 7.99. The molecule has 1 aliphatic carbocycles. The maximum Gasteiger partial charge on any atom is 0.309 e. The molecule has 0 unspecified atom stereocenters. The minimum absolute atomic E-state index is 0.485. The van der Waals surface area contributed by atoms with Crippen molar-refractivity contribution in [1.29, 1.82) is 0 Å². The van der Waals surface area contributed by atoms with E-state index in [1.807, 2.05) is 11.8 Å². The van der Waals surface area contributed by atoms with Gasteiger partial charge in [-0.3, -0.25) is 4.79 Å². The predicted molar refractivity (Wildman–Crippen MR) is 73.3 cm³/mol. The summed E-state index contributed by atoms with van der Waals surface area (Å²) in [6.07, 6.45) is 3.37. The Balaban J connectivity index is 1.82. The molecule has 0 bridgehead atoms. The van der Waals surface area contributed by atoms with E-state index in [-0.39, 0.29) is 0 Å². The van der Waals surface area contributed by atoms with E-state index in [0.29, 0.717) is 6.42 Å². The molecular formula is C14H17NO2S. The summed E-state index contributed by atoms with van der Waals surface area (Å²) < 4.78 is 0. The first-order valence-corrected chi connectivity index (χ1v) is 7.41. The van der Waals surface area contributed by atoms with E-state index in [1.54, 1.807) is 0 Å². The number of aliphatic carboxylic acids is 1. The van der Waals surface area contributed by atoms with Gasteiger partial charge in [0.05, 0.1) is 5.41 Å². The van der Waals surface area contributed by atoms with Crippen LogP contribution in [0, 0.1) is 5.41 Å². The third-order valence-corrected chi connectivity index (χ3v) is 5.08. The highest BCUT2D eigenvalue weighted by Gasteiger charge is 2.44. The van der Waals surface area contributed by atoms with Gasteiger partial charge in [-0.05, 0) is 37.0 Å². The first-order valence-electron chi connectivity index (χ1n) is 6.43. The molecule has 0 saturated heterocycles. The molecule has 96 valence electrons. The molecule has 18 heavy (non-hydrogen) atoms. The summed E-state index contributed by atoms with van der Waals surface area (Å²) in [5.74, 6) is 0.456. The van der Waals surface area contributed by atoms with Gasteiger partial charge in [0.25, 0.3) is 0 Å². The van der Waals surface area contributed by atoms with Crippen molar-refractivity contribution in [3.63, 3.8) is 0 Å². The number of carboxylic acids is 1. The van der Waals surface area contributed by atoms with Crippen LogP contribution in [0.2, 0.25) is 0 Å². The number of thioether (sulfide) groups is 1. The lowest BCUT2D eigenvalue weighted by Gasteiger charge is -2.38. The van der Waals surface area contributed by atoms with Crippen LogP contribution in [-0.2, 0) is 11.2 Å². The van der Waals surface area contributed by atoms with Crippen LogP contribution in [0.15, 0.2) is 23.1 Å². The average Bonchev–Trinajstić information content (AvgIpc) is 2.33. The van der Waals surface area contributed by atoms with Crippen LogP contribution >= 0.6 is 11.8 Å². The molecule has 2 aliphatic rings. The molecule has 0 spiro atoms. The molecular weight excluding hydrogens is 246 g/mol. The minimum atomic E-state index is -0.628. The molecule has 1 heterocycles. The second kappa shape index (κ2) is 4.50. The van der Waals surface area contributed by atoms with Crippen molar-refractivity contribution in [2.75, 3.05) is 17.6 Å². The van der Waals surface area contributed by atoms with E-state index in [9.17, 15) is 9.90 Å². The highest BCUT2D eigenvalue weighted by atomic mass is 32.2. The molecule has 1 aliphatic heterocycles. The first kappa shape index (κ1) is 11.9. The molecule has 1 aromatic carbocycles. The second-order valence-corrected chi connectivity index (χ2v) is 6.36. The summed E-state index contributed by atoms with van der Waals surface area (Å²) in [4.78, 5) is 12.6. The van der Waals surface area contributed by atoms with Crippen LogP contribution in [0.3, 0.4) is 0 Å². The van der Waals surface area contributed by atoms with Crippen LogP contribution in [0.25, 0.3) is 0 Å². The van der Waals surface area contributed by atoms with Gasteiger partial charge in [0, 0.05) is 22.9 Å². The maximum atomic E-state index is 11.4. The molecule has 4 heteroatoms. The van der Waals surface area contributed by atoms with Gasteiger partial charge in [-0.1, -0.05) is 12.5 Å². The van der Waals surface area contributed by atoms with Crippen molar-refractivity contribution < 1.29 is 9.90 Å². The summed E-state index contributed by atoms with van der Waals surface area (Å²) in [5.41, 5.74) is 1.86. The Hall–Kier alpha value is -1.16. The Bertz CT molecular complexity index is 483. The largest absolute Gasteiger partial charge is 0.481 e. The molecule has 1 fully saturated rings. The zero-order chi connectivity index (χ0) is 12.6. The van der Waals surface area contributed by atoms with Gasteiger partial charge in [-0.25, -0.2) is 0 Å². The number of hydrogen-bond acceptors (Lipinski definition) is 3. The molecule has 3 nitrogen and oxygen atoms in total. The number of hydrogen-bond donors (Lipinski definition) is 2. The molecule has 0 amide bonds. The summed E-state index contributed by atoms with van der Waals surface area (Å²) >= 11 is 1.85. The van der Waals surface area contributed by atoms with Gasteiger partial charge in [-0.15, -0.1) is 11.8 Å². The number of carboxylic acid groups (broad SMARTS) is 1. The smallest absolute Gasteiger partial charge is 0.309 e. The number of rotatable bonds is 3. The zero-order valence-corrected chi connectivity index (χ0v) is 11.1. The van der Waals surface area contributed by atoms with Gasteiger partial charge >= 0.3 is 5.97 Å². The quantitative estimate of drug-likeness (QED) is 0.880. The SMILES string of the molecule is O=C(O)C1(Cc2ccc3c(c2)SCCN3)CCC1. The van der Waals surface area contributed by atoms with Crippen molar-refractivity contribution in [2.24, 2.45) is 5.41 Å². The third kappa shape index (κ3) is 1.99. The van der Waals surface area contributed by atoms with E-state index >= 15 is 0 Å². The standard InChI is InChI=1S/C14H17NO2S/c16-13(17)14(4-1-5-14)9-10-2-3-11-12(8-10)18-7-6-15-11/h2-3,8,15H,1,4-7,9H2,(H,16,17). The lowest BCUT2D eigenvalue weighted by Crippen LogP contribution is -2.39. The molecule has 2 N–H and O–H groups in total. The number of carbonyl (C=O) groups is 1. The summed E-state index contributed by atoms with van der Waals surface area (Å²) in [7, 11) is 0. The van der Waals surface area contributed by atoms with E-state index < -0.39 is 11.4 Å². The molecule has 1 aromatic rings. The topological polar surface area (TPSA) is 49.3 Å². The number of fused-ring (bicyclic) bond motifs is 1. The normalized spacial score (nSPS) is 20.4. The van der Waals surface area contributed by atoms with Crippen molar-refractivity contribution in [2.45, 2.75) is 30.6 Å². The van der Waals surface area contributed by atoms with Gasteiger partial charge in [0.2, 0.25) is 0 Å². The average molecular weight is 263 g/mol. The fraction of sp³-hybridized carbons (Fsp3) is 0.500. The van der Waals surface area contributed by atoms with E-state index in [2.05, 4.69) is 23.5 Å². The highest BCUT2D eigenvalue weighted by Crippen LogP contribution is 2.44. The Morgan fingerprint density at radius 1 is 1.44 bits per heavy atom. The fourth-order valence-electron chi connectivity index (χ4n) is 2.75. The number of nitrogens with one attached hydrogen (secondary N) is 1. The lowest BCUT2D eigenvalue weighted by molar-refractivity contribution is -0.154. The van der Waals surface area contributed by atoms with Crippen LogP contribution in [0.5, 0.6) is 0 Å². The molecule has 0 atom stereocenters. The van der Waals surface area contributed by atoms with Crippen molar-refractivity contribution in [3.05, 3.63) is 23.8 Å². The maximum absolute atomic E-state index is 11.4. The monoisotopic (exact) mass is 263 g/mol. The summed E-state index contributed by atoms with van der Waals surface area (Å²) in [6, 6.07) is 6.32. The first-order chi connectivity index (χ1) is 8.70. The van der Waals surface area contributed by atoms with Crippen LogP contribution in [0.1, 0.15) is 24.8 Å².